The van der Waals surface area contributed by atoms with Crippen molar-refractivity contribution >= 4 is 5.78 Å². The van der Waals surface area contributed by atoms with Crippen molar-refractivity contribution in [3.8, 4) is 0 Å². The van der Waals surface area contributed by atoms with Gasteiger partial charge in [0.1, 0.15) is 0 Å². The Morgan fingerprint density at radius 1 is 1.47 bits per heavy atom. The Balaban J connectivity index is 2.04. The van der Waals surface area contributed by atoms with Crippen LogP contribution in [0.4, 0.5) is 0 Å². The number of Topliss-reactive ketones (excluding diaryl/α,β-unsaturated/α-hetero) is 1. The predicted molar refractivity (Wildman–Crippen MR) is 69.3 cm³/mol. The topological polar surface area (TPSA) is 46.3 Å². The van der Waals surface area contributed by atoms with E-state index in [1.165, 1.54) is 5.56 Å². The normalized spacial score (nSPS) is 20.8. The number of benzene rings is 1. The molecule has 1 atom stereocenters. The molecule has 0 aliphatic carbocycles. The van der Waals surface area contributed by atoms with Gasteiger partial charge in [0.25, 0.3) is 0 Å². The second kappa shape index (κ2) is 4.98. The molecule has 1 heterocycles. The van der Waals surface area contributed by atoms with Crippen LogP contribution >= 0.6 is 0 Å². The lowest BCUT2D eigenvalue weighted by Gasteiger charge is -2.15. The molecule has 17 heavy (non-hydrogen) atoms. The van der Waals surface area contributed by atoms with Gasteiger partial charge in [-0.05, 0) is 25.8 Å². The second-order valence-electron chi connectivity index (χ2n) is 5.03. The summed E-state index contributed by atoms with van der Waals surface area (Å²) in [5.74, 6) is 0.205. The summed E-state index contributed by atoms with van der Waals surface area (Å²) in [6.07, 6.45) is 1.00. The third-order valence-corrected chi connectivity index (χ3v) is 3.36. The van der Waals surface area contributed by atoms with Crippen LogP contribution in [0.3, 0.4) is 0 Å². The molecule has 0 aromatic heterocycles. The van der Waals surface area contributed by atoms with Gasteiger partial charge < -0.3 is 5.73 Å². The van der Waals surface area contributed by atoms with Crippen LogP contribution in [0.25, 0.3) is 0 Å². The van der Waals surface area contributed by atoms with E-state index in [0.717, 1.165) is 30.6 Å². The summed E-state index contributed by atoms with van der Waals surface area (Å²) in [5, 5.41) is 0. The number of ketones is 1. The fourth-order valence-electron chi connectivity index (χ4n) is 2.42. The van der Waals surface area contributed by atoms with Crippen molar-refractivity contribution in [2.45, 2.75) is 26.3 Å². The van der Waals surface area contributed by atoms with Crippen molar-refractivity contribution < 1.29 is 4.79 Å². The zero-order chi connectivity index (χ0) is 12.4. The first-order valence-electron chi connectivity index (χ1n) is 6.14. The van der Waals surface area contributed by atoms with E-state index >= 15 is 0 Å². The van der Waals surface area contributed by atoms with E-state index in [0.29, 0.717) is 6.54 Å². The summed E-state index contributed by atoms with van der Waals surface area (Å²) in [4.78, 5) is 14.3. The van der Waals surface area contributed by atoms with Gasteiger partial charge in [0.05, 0.1) is 6.54 Å². The molecule has 1 aliphatic heterocycles. The molecule has 0 radical (unpaired) electrons. The molecule has 2 rings (SSSR count). The minimum Gasteiger partial charge on any atom is -0.326 e. The SMILES string of the molecule is Cc1ccc(C(=O)CN2CCC(N)C2)c(C)c1. The van der Waals surface area contributed by atoms with Crippen molar-refractivity contribution in [2.24, 2.45) is 5.73 Å². The minimum absolute atomic E-state index is 0.205. The zero-order valence-corrected chi connectivity index (χ0v) is 10.6. The molecule has 3 heteroatoms. The number of carbonyl (C=O) groups is 1. The number of nitrogens with zero attached hydrogens (tertiary/aromatic N) is 1. The highest BCUT2D eigenvalue weighted by Gasteiger charge is 2.21. The van der Waals surface area contributed by atoms with Gasteiger partial charge in [0, 0.05) is 24.7 Å². The number of hydrogen-bond acceptors (Lipinski definition) is 3. The average Bonchev–Trinajstić information content (AvgIpc) is 2.63. The number of carbonyl (C=O) groups excluding carboxylic acids is 1. The highest BCUT2D eigenvalue weighted by molar-refractivity contribution is 5.99. The Morgan fingerprint density at radius 3 is 2.82 bits per heavy atom. The third kappa shape index (κ3) is 2.93. The molecular weight excluding hydrogens is 212 g/mol. The molecule has 0 spiro atoms. The van der Waals surface area contributed by atoms with Crippen LogP contribution < -0.4 is 5.73 Å². The maximum atomic E-state index is 12.2. The van der Waals surface area contributed by atoms with Crippen molar-refractivity contribution in [3.05, 3.63) is 34.9 Å². The van der Waals surface area contributed by atoms with Crippen molar-refractivity contribution in [3.63, 3.8) is 0 Å². The number of nitrogens with two attached hydrogens (primary N) is 1. The molecule has 1 fully saturated rings. The highest BCUT2D eigenvalue weighted by Crippen LogP contribution is 2.13. The van der Waals surface area contributed by atoms with Gasteiger partial charge in [-0.2, -0.15) is 0 Å². The first-order valence-corrected chi connectivity index (χ1v) is 6.14. The zero-order valence-electron chi connectivity index (χ0n) is 10.6. The predicted octanol–water partition coefficient (Wildman–Crippen LogP) is 1.52. The first kappa shape index (κ1) is 12.3. The summed E-state index contributed by atoms with van der Waals surface area (Å²) in [6.45, 7) is 6.32. The van der Waals surface area contributed by atoms with Gasteiger partial charge in [-0.1, -0.05) is 23.8 Å². The monoisotopic (exact) mass is 232 g/mol. The molecule has 0 bridgehead atoms. The van der Waals surface area contributed by atoms with Crippen LogP contribution in [0, 0.1) is 13.8 Å². The van der Waals surface area contributed by atoms with E-state index < -0.39 is 0 Å². The van der Waals surface area contributed by atoms with Crippen LogP contribution in [-0.2, 0) is 0 Å². The largest absolute Gasteiger partial charge is 0.326 e. The molecule has 1 unspecified atom stereocenters. The summed E-state index contributed by atoms with van der Waals surface area (Å²) in [5.41, 5.74) is 8.94. The summed E-state index contributed by atoms with van der Waals surface area (Å²) in [7, 11) is 0. The Kier molecular flexibility index (Phi) is 3.60. The summed E-state index contributed by atoms with van der Waals surface area (Å²) >= 11 is 0. The van der Waals surface area contributed by atoms with E-state index in [1.54, 1.807) is 0 Å². The Bertz CT molecular complexity index is 428. The van der Waals surface area contributed by atoms with Crippen LogP contribution in [0.5, 0.6) is 0 Å². The Labute approximate surface area is 103 Å². The van der Waals surface area contributed by atoms with Crippen molar-refractivity contribution in [1.82, 2.24) is 4.90 Å². The van der Waals surface area contributed by atoms with Gasteiger partial charge >= 0.3 is 0 Å². The fourth-order valence-corrected chi connectivity index (χ4v) is 2.42. The lowest BCUT2D eigenvalue weighted by atomic mass is 10.0. The maximum Gasteiger partial charge on any atom is 0.177 e. The first-order chi connectivity index (χ1) is 8.06. The van der Waals surface area contributed by atoms with E-state index in [4.69, 9.17) is 5.73 Å². The molecule has 3 nitrogen and oxygen atoms in total. The van der Waals surface area contributed by atoms with Crippen molar-refractivity contribution in [1.29, 1.82) is 0 Å². The Morgan fingerprint density at radius 2 is 2.24 bits per heavy atom. The molecule has 1 aliphatic rings. The van der Waals surface area contributed by atoms with Crippen LogP contribution in [0.2, 0.25) is 0 Å². The van der Waals surface area contributed by atoms with E-state index in [1.807, 2.05) is 26.0 Å². The van der Waals surface area contributed by atoms with Gasteiger partial charge in [-0.15, -0.1) is 0 Å². The number of likely N-dealkylation sites (tertiary alicyclic amines) is 1. The highest BCUT2D eigenvalue weighted by atomic mass is 16.1. The van der Waals surface area contributed by atoms with E-state index in [2.05, 4.69) is 11.0 Å². The quantitative estimate of drug-likeness (QED) is 0.804. The molecule has 1 aromatic carbocycles. The molecular formula is C14H20N2O. The molecule has 0 saturated carbocycles. The van der Waals surface area contributed by atoms with Gasteiger partial charge in [0.2, 0.25) is 0 Å². The smallest absolute Gasteiger partial charge is 0.177 e. The van der Waals surface area contributed by atoms with Gasteiger partial charge in [-0.25, -0.2) is 0 Å². The maximum absolute atomic E-state index is 12.2. The van der Waals surface area contributed by atoms with Gasteiger partial charge in [0.15, 0.2) is 5.78 Å². The third-order valence-electron chi connectivity index (χ3n) is 3.36. The molecule has 0 amide bonds. The van der Waals surface area contributed by atoms with Crippen LogP contribution in [0.15, 0.2) is 18.2 Å². The lowest BCUT2D eigenvalue weighted by molar-refractivity contribution is 0.0944. The van der Waals surface area contributed by atoms with Crippen LogP contribution in [-0.4, -0.2) is 36.4 Å². The Hall–Kier alpha value is -1.19. The standard InChI is InChI=1S/C14H20N2O/c1-10-3-4-13(11(2)7-10)14(17)9-16-6-5-12(15)8-16/h3-4,7,12H,5-6,8-9,15H2,1-2H3. The molecule has 2 N–H and O–H groups in total. The second-order valence-corrected chi connectivity index (χ2v) is 5.03. The number of rotatable bonds is 3. The fraction of sp³-hybridized carbons (Fsp3) is 0.500. The summed E-state index contributed by atoms with van der Waals surface area (Å²) < 4.78 is 0. The molecule has 1 aromatic rings. The van der Waals surface area contributed by atoms with Crippen molar-refractivity contribution in [2.75, 3.05) is 19.6 Å². The number of hydrogen-bond donors (Lipinski definition) is 1. The van der Waals surface area contributed by atoms with Crippen LogP contribution in [0.1, 0.15) is 27.9 Å². The van der Waals surface area contributed by atoms with E-state index in [-0.39, 0.29) is 11.8 Å². The average molecular weight is 232 g/mol. The van der Waals surface area contributed by atoms with Gasteiger partial charge in [-0.3, -0.25) is 9.69 Å². The van der Waals surface area contributed by atoms with E-state index in [9.17, 15) is 4.79 Å². The number of aryl methyl sites for hydroxylation is 2. The molecule has 1 saturated heterocycles. The minimum atomic E-state index is 0.205. The summed E-state index contributed by atoms with van der Waals surface area (Å²) in [6, 6.07) is 6.23. The molecule has 92 valence electrons. The lowest BCUT2D eigenvalue weighted by Crippen LogP contribution is -2.31.